The monoisotopic (exact) mass is 431 g/mol. The van der Waals surface area contributed by atoms with E-state index < -0.39 is 15.9 Å². The molecule has 31 heavy (non-hydrogen) atoms. The minimum absolute atomic E-state index is 0.0586. The van der Waals surface area contributed by atoms with Crippen LogP contribution in [0.15, 0.2) is 90.3 Å². The molecule has 0 aliphatic rings. The summed E-state index contributed by atoms with van der Waals surface area (Å²) in [4.78, 5) is 12.6. The lowest BCUT2D eigenvalue weighted by molar-refractivity contribution is -0.116. The van der Waals surface area contributed by atoms with E-state index in [4.69, 9.17) is 5.26 Å². The molecule has 0 bridgehead atoms. The highest BCUT2D eigenvalue weighted by Crippen LogP contribution is 2.14. The molecule has 0 atom stereocenters. The van der Waals surface area contributed by atoms with E-state index in [1.54, 1.807) is 36.4 Å². The third-order valence-electron chi connectivity index (χ3n) is 4.41. The normalized spacial score (nSPS) is 11.4. The molecule has 0 aliphatic heterocycles. The number of nitrogens with one attached hydrogen (secondary N) is 1. The maximum absolute atomic E-state index is 13.0. The minimum Gasteiger partial charge on any atom is -0.325 e. The van der Waals surface area contributed by atoms with E-state index in [9.17, 15) is 13.2 Å². The van der Waals surface area contributed by atoms with Crippen molar-refractivity contribution in [1.82, 2.24) is 4.31 Å². The maximum Gasteiger partial charge on any atom is 0.239 e. The van der Waals surface area contributed by atoms with Gasteiger partial charge in [-0.2, -0.15) is 9.57 Å². The Labute approximate surface area is 182 Å². The number of rotatable bonds is 8. The lowest BCUT2D eigenvalue weighted by Gasteiger charge is -2.20. The summed E-state index contributed by atoms with van der Waals surface area (Å²) >= 11 is 0. The van der Waals surface area contributed by atoms with Crippen molar-refractivity contribution >= 4 is 27.7 Å². The van der Waals surface area contributed by atoms with Crippen molar-refractivity contribution in [2.75, 3.05) is 11.9 Å². The summed E-state index contributed by atoms with van der Waals surface area (Å²) in [5.41, 5.74) is 2.47. The smallest absolute Gasteiger partial charge is 0.239 e. The summed E-state index contributed by atoms with van der Waals surface area (Å²) in [6.07, 6.45) is 1.51. The van der Waals surface area contributed by atoms with E-state index >= 15 is 0 Å². The van der Waals surface area contributed by atoms with E-state index in [0.29, 0.717) is 11.3 Å². The Balaban J connectivity index is 1.78. The Morgan fingerprint density at radius 3 is 2.16 bits per heavy atom. The van der Waals surface area contributed by atoms with E-state index in [0.717, 1.165) is 20.8 Å². The summed E-state index contributed by atoms with van der Waals surface area (Å²) < 4.78 is 27.1. The number of amides is 1. The first-order valence-corrected chi connectivity index (χ1v) is 11.0. The van der Waals surface area contributed by atoms with Gasteiger partial charge in [0.2, 0.25) is 15.9 Å². The maximum atomic E-state index is 13.0. The second-order valence-electron chi connectivity index (χ2n) is 6.75. The first-order chi connectivity index (χ1) is 15.0. The fraction of sp³-hybridized carbons (Fsp3) is 0.0833. The highest BCUT2D eigenvalue weighted by molar-refractivity contribution is 7.92. The van der Waals surface area contributed by atoms with Gasteiger partial charge in [0.05, 0.1) is 18.2 Å². The Kier molecular flexibility index (Phi) is 7.33. The minimum atomic E-state index is -3.87. The fourth-order valence-electron chi connectivity index (χ4n) is 2.83. The number of hydrogen-bond donors (Lipinski definition) is 1. The number of carbonyl (C=O) groups is 1. The molecule has 7 heteroatoms. The SMILES string of the molecule is N#Cc1ccc(NC(=O)CN(Cc2ccccc2)S(=O)(=O)/C=C/c2ccccc2)cc1. The van der Waals surface area contributed by atoms with Crippen molar-refractivity contribution in [2.45, 2.75) is 6.54 Å². The predicted octanol–water partition coefficient (Wildman–Crippen LogP) is 4.00. The van der Waals surface area contributed by atoms with E-state index in [2.05, 4.69) is 5.32 Å². The van der Waals surface area contributed by atoms with Gasteiger partial charge in [0.1, 0.15) is 0 Å². The van der Waals surface area contributed by atoms with Gasteiger partial charge in [-0.15, -0.1) is 0 Å². The number of carbonyl (C=O) groups excluding carboxylic acids is 1. The first kappa shape index (κ1) is 22.0. The van der Waals surface area contributed by atoms with Crippen molar-refractivity contribution in [3.8, 4) is 6.07 Å². The van der Waals surface area contributed by atoms with Crippen molar-refractivity contribution < 1.29 is 13.2 Å². The Morgan fingerprint density at radius 1 is 0.935 bits per heavy atom. The van der Waals surface area contributed by atoms with Gasteiger partial charge in [0.25, 0.3) is 0 Å². The van der Waals surface area contributed by atoms with Gasteiger partial charge in [0, 0.05) is 17.6 Å². The Bertz CT molecular complexity index is 1180. The van der Waals surface area contributed by atoms with Crippen LogP contribution in [0, 0.1) is 11.3 Å². The molecular weight excluding hydrogens is 410 g/mol. The second kappa shape index (κ2) is 10.3. The summed E-state index contributed by atoms with van der Waals surface area (Å²) in [5, 5.41) is 12.7. The molecule has 6 nitrogen and oxygen atoms in total. The second-order valence-corrected chi connectivity index (χ2v) is 8.57. The Morgan fingerprint density at radius 2 is 1.55 bits per heavy atom. The molecule has 0 heterocycles. The molecule has 0 aliphatic carbocycles. The highest BCUT2D eigenvalue weighted by Gasteiger charge is 2.23. The fourth-order valence-corrected chi connectivity index (χ4v) is 3.95. The summed E-state index contributed by atoms with van der Waals surface area (Å²) in [5.74, 6) is -0.475. The van der Waals surface area contributed by atoms with E-state index in [1.165, 1.54) is 6.08 Å². The summed E-state index contributed by atoms with van der Waals surface area (Å²) in [6, 6.07) is 26.5. The molecule has 0 saturated carbocycles. The van der Waals surface area contributed by atoms with Gasteiger partial charge in [-0.25, -0.2) is 8.42 Å². The molecule has 1 N–H and O–H groups in total. The quantitative estimate of drug-likeness (QED) is 0.584. The van der Waals surface area contributed by atoms with Gasteiger partial charge < -0.3 is 5.32 Å². The highest BCUT2D eigenvalue weighted by atomic mass is 32.2. The number of hydrogen-bond acceptors (Lipinski definition) is 4. The zero-order valence-electron chi connectivity index (χ0n) is 16.7. The molecule has 0 fully saturated rings. The topological polar surface area (TPSA) is 90.3 Å². The van der Waals surface area contributed by atoms with Crippen LogP contribution in [0.4, 0.5) is 5.69 Å². The zero-order valence-corrected chi connectivity index (χ0v) is 17.5. The van der Waals surface area contributed by atoms with Crippen LogP contribution in [0.25, 0.3) is 6.08 Å². The summed E-state index contributed by atoms with van der Waals surface area (Å²) in [6.45, 7) is -0.292. The molecule has 3 aromatic rings. The largest absolute Gasteiger partial charge is 0.325 e. The van der Waals surface area contributed by atoms with Gasteiger partial charge in [-0.1, -0.05) is 60.7 Å². The number of nitrogens with zero attached hydrogens (tertiary/aromatic N) is 2. The zero-order chi connectivity index (χ0) is 22.1. The molecule has 0 unspecified atom stereocenters. The van der Waals surface area contributed by atoms with Crippen LogP contribution in [0.3, 0.4) is 0 Å². The van der Waals surface area contributed by atoms with E-state index in [-0.39, 0.29) is 13.1 Å². The van der Waals surface area contributed by atoms with Crippen LogP contribution >= 0.6 is 0 Å². The molecule has 3 aromatic carbocycles. The standard InChI is InChI=1S/C24H21N3O3S/c25-17-21-11-13-23(14-12-21)26-24(28)19-27(18-22-9-5-2-6-10-22)31(29,30)16-15-20-7-3-1-4-8-20/h1-16H,18-19H2,(H,26,28)/b16-15+. The van der Waals surface area contributed by atoms with Crippen LogP contribution in [0.1, 0.15) is 16.7 Å². The molecule has 3 rings (SSSR count). The van der Waals surface area contributed by atoms with Crippen molar-refractivity contribution in [3.63, 3.8) is 0 Å². The molecule has 0 radical (unpaired) electrons. The molecule has 0 spiro atoms. The van der Waals surface area contributed by atoms with Crippen LogP contribution in [-0.2, 0) is 21.4 Å². The van der Waals surface area contributed by atoms with Crippen LogP contribution in [0.5, 0.6) is 0 Å². The number of anilines is 1. The van der Waals surface area contributed by atoms with E-state index in [1.807, 2.05) is 54.6 Å². The molecule has 1 amide bonds. The molecule has 0 aromatic heterocycles. The predicted molar refractivity (Wildman–Crippen MR) is 121 cm³/mol. The van der Waals surface area contributed by atoms with Gasteiger partial charge in [-0.3, -0.25) is 4.79 Å². The third-order valence-corrected chi connectivity index (χ3v) is 5.87. The van der Waals surface area contributed by atoms with Gasteiger partial charge >= 0.3 is 0 Å². The number of nitriles is 1. The molecular formula is C24H21N3O3S. The lowest BCUT2D eigenvalue weighted by Crippen LogP contribution is -2.36. The summed E-state index contributed by atoms with van der Waals surface area (Å²) in [7, 11) is -3.87. The van der Waals surface area contributed by atoms with Gasteiger partial charge in [-0.05, 0) is 41.5 Å². The number of sulfonamides is 1. The average molecular weight is 432 g/mol. The average Bonchev–Trinajstić information content (AvgIpc) is 2.79. The van der Waals surface area contributed by atoms with Crippen molar-refractivity contribution in [3.05, 3.63) is 107 Å². The molecule has 0 saturated heterocycles. The third kappa shape index (κ3) is 6.64. The Hall–Kier alpha value is -3.73. The lowest BCUT2D eigenvalue weighted by atomic mass is 10.2. The number of benzene rings is 3. The van der Waals surface area contributed by atoms with Crippen LogP contribution in [-0.4, -0.2) is 25.2 Å². The van der Waals surface area contributed by atoms with Crippen molar-refractivity contribution in [1.29, 1.82) is 5.26 Å². The first-order valence-electron chi connectivity index (χ1n) is 9.53. The van der Waals surface area contributed by atoms with Crippen LogP contribution < -0.4 is 5.32 Å². The van der Waals surface area contributed by atoms with Gasteiger partial charge in [0.15, 0.2) is 0 Å². The molecule has 156 valence electrons. The van der Waals surface area contributed by atoms with Crippen molar-refractivity contribution in [2.24, 2.45) is 0 Å². The van der Waals surface area contributed by atoms with Crippen LogP contribution in [0.2, 0.25) is 0 Å².